The minimum absolute atomic E-state index is 0.0646. The number of thioether (sulfide) groups is 1. The highest BCUT2D eigenvalue weighted by Gasteiger charge is 2.21. The van der Waals surface area contributed by atoms with Crippen molar-refractivity contribution >= 4 is 40.1 Å². The summed E-state index contributed by atoms with van der Waals surface area (Å²) >= 11 is 2.47. The van der Waals surface area contributed by atoms with Crippen LogP contribution in [0.5, 0.6) is 0 Å². The fourth-order valence-electron chi connectivity index (χ4n) is 3.29. The van der Waals surface area contributed by atoms with Crippen LogP contribution in [0, 0.1) is 0 Å². The predicted octanol–water partition coefficient (Wildman–Crippen LogP) is 1.41. The normalized spacial score (nSPS) is 13.0. The van der Waals surface area contributed by atoms with Gasteiger partial charge in [0.25, 0.3) is 0 Å². The third kappa shape index (κ3) is 5.67. The monoisotopic (exact) mass is 452 g/mol. The molecule has 0 aliphatic heterocycles. The summed E-state index contributed by atoms with van der Waals surface area (Å²) in [6.07, 6.45) is 3.64. The van der Waals surface area contributed by atoms with Crippen LogP contribution in [0.3, 0.4) is 0 Å². The van der Waals surface area contributed by atoms with E-state index in [-0.39, 0.29) is 37.2 Å². The number of aromatic nitrogens is 3. The average Bonchev–Trinajstić information content (AvgIpc) is 3.15. The zero-order valence-electron chi connectivity index (χ0n) is 16.7. The molecule has 0 fully saturated rings. The van der Waals surface area contributed by atoms with Crippen molar-refractivity contribution in [2.24, 2.45) is 0 Å². The van der Waals surface area contributed by atoms with Crippen molar-refractivity contribution in [2.75, 3.05) is 24.3 Å². The summed E-state index contributed by atoms with van der Waals surface area (Å²) in [4.78, 5) is 44.6. The number of anilines is 1. The van der Waals surface area contributed by atoms with Crippen molar-refractivity contribution in [1.82, 2.24) is 14.5 Å². The van der Waals surface area contributed by atoms with Crippen LogP contribution in [0.25, 0.3) is 0 Å². The van der Waals surface area contributed by atoms with Gasteiger partial charge in [-0.05, 0) is 32.6 Å². The van der Waals surface area contributed by atoms with Crippen molar-refractivity contribution < 1.29 is 19.4 Å². The van der Waals surface area contributed by atoms with Gasteiger partial charge in [-0.1, -0.05) is 11.8 Å². The highest BCUT2D eigenvalue weighted by Crippen LogP contribution is 2.28. The number of thiazole rings is 1. The molecule has 162 valence electrons. The number of fused-ring (bicyclic) bond motifs is 1. The molecule has 0 radical (unpaired) electrons. The average molecular weight is 453 g/mol. The molecule has 0 saturated heterocycles. The molecule has 0 spiro atoms. The molecule has 2 heterocycles. The van der Waals surface area contributed by atoms with Crippen LogP contribution in [0.1, 0.15) is 36.7 Å². The number of carbonyl (C=O) groups is 2. The minimum atomic E-state index is -0.392. The van der Waals surface area contributed by atoms with E-state index < -0.39 is 5.69 Å². The van der Waals surface area contributed by atoms with Crippen LogP contribution in [0.4, 0.5) is 5.13 Å². The first kappa shape index (κ1) is 22.4. The number of esters is 1. The molecule has 3 rings (SSSR count). The van der Waals surface area contributed by atoms with E-state index in [1.165, 1.54) is 23.1 Å². The molecule has 2 aromatic heterocycles. The van der Waals surface area contributed by atoms with E-state index in [4.69, 9.17) is 4.74 Å². The van der Waals surface area contributed by atoms with E-state index in [1.807, 2.05) is 0 Å². The maximum Gasteiger partial charge on any atom is 0.348 e. The lowest BCUT2D eigenvalue weighted by molar-refractivity contribution is -0.142. The zero-order chi connectivity index (χ0) is 21.5. The smallest absolute Gasteiger partial charge is 0.348 e. The summed E-state index contributed by atoms with van der Waals surface area (Å²) in [5, 5.41) is 14.6. The number of ether oxygens (including phenoxy) is 1. The molecular formula is C19H24N4O5S2. The Morgan fingerprint density at radius 2 is 2.13 bits per heavy atom. The summed E-state index contributed by atoms with van der Waals surface area (Å²) in [6, 6.07) is 0. The van der Waals surface area contributed by atoms with E-state index in [0.717, 1.165) is 36.9 Å². The summed E-state index contributed by atoms with van der Waals surface area (Å²) < 4.78 is 6.43. The molecule has 2 aromatic rings. The topological polar surface area (TPSA) is 123 Å². The molecule has 0 bridgehead atoms. The number of amides is 1. The van der Waals surface area contributed by atoms with Gasteiger partial charge in [-0.25, -0.2) is 9.78 Å². The van der Waals surface area contributed by atoms with Crippen molar-refractivity contribution in [1.29, 1.82) is 0 Å². The van der Waals surface area contributed by atoms with Crippen LogP contribution < -0.4 is 11.0 Å². The second kappa shape index (κ2) is 10.7. The lowest BCUT2D eigenvalue weighted by Crippen LogP contribution is -2.31. The highest BCUT2D eigenvalue weighted by molar-refractivity contribution is 8.00. The van der Waals surface area contributed by atoms with Crippen molar-refractivity contribution in [3.63, 3.8) is 0 Å². The second-order valence-electron chi connectivity index (χ2n) is 6.67. The molecule has 11 heteroatoms. The van der Waals surface area contributed by atoms with Crippen LogP contribution in [0.15, 0.2) is 15.2 Å². The predicted molar refractivity (Wildman–Crippen MR) is 114 cm³/mol. The van der Waals surface area contributed by atoms with Gasteiger partial charge in [0.05, 0.1) is 37.6 Å². The SMILES string of the molecule is CCOC(=O)Cc1csc(NC(=O)CSc2nc(=O)n(CCO)c3c2CCCC3)n1. The molecular weight excluding hydrogens is 428 g/mol. The fraction of sp³-hybridized carbons (Fsp3) is 0.526. The largest absolute Gasteiger partial charge is 0.466 e. The van der Waals surface area contributed by atoms with Gasteiger partial charge in [0, 0.05) is 16.6 Å². The molecule has 9 nitrogen and oxygen atoms in total. The first-order chi connectivity index (χ1) is 14.5. The molecule has 30 heavy (non-hydrogen) atoms. The summed E-state index contributed by atoms with van der Waals surface area (Å²) in [6.45, 7) is 2.17. The number of aliphatic hydroxyl groups excluding tert-OH is 1. The Balaban J connectivity index is 1.63. The van der Waals surface area contributed by atoms with E-state index >= 15 is 0 Å². The van der Waals surface area contributed by atoms with Crippen LogP contribution in [-0.4, -0.2) is 50.5 Å². The lowest BCUT2D eigenvalue weighted by Gasteiger charge is -2.22. The van der Waals surface area contributed by atoms with Gasteiger partial charge in [-0.2, -0.15) is 4.98 Å². The second-order valence-corrected chi connectivity index (χ2v) is 8.49. The standard InChI is InChI=1S/C19H24N4O5S2/c1-2-28-16(26)9-12-10-30-18(20-12)21-15(25)11-29-17-13-5-3-4-6-14(13)23(7-8-24)19(27)22-17/h10,24H,2-9,11H2,1H3,(H,20,21,25). The van der Waals surface area contributed by atoms with E-state index in [9.17, 15) is 19.5 Å². The Bertz CT molecular complexity index is 972. The molecule has 0 saturated carbocycles. The van der Waals surface area contributed by atoms with Gasteiger partial charge >= 0.3 is 11.7 Å². The molecule has 1 amide bonds. The Morgan fingerprint density at radius 3 is 2.90 bits per heavy atom. The number of hydrogen-bond donors (Lipinski definition) is 2. The quantitative estimate of drug-likeness (QED) is 0.333. The summed E-state index contributed by atoms with van der Waals surface area (Å²) in [5.41, 5.74) is 2.07. The number of nitrogens with zero attached hydrogens (tertiary/aromatic N) is 3. The van der Waals surface area contributed by atoms with Crippen molar-refractivity contribution in [3.8, 4) is 0 Å². The highest BCUT2D eigenvalue weighted by atomic mass is 32.2. The maximum atomic E-state index is 12.4. The van der Waals surface area contributed by atoms with E-state index in [2.05, 4.69) is 15.3 Å². The first-order valence-electron chi connectivity index (χ1n) is 9.78. The van der Waals surface area contributed by atoms with Gasteiger partial charge < -0.3 is 15.2 Å². The maximum absolute atomic E-state index is 12.4. The summed E-state index contributed by atoms with van der Waals surface area (Å²) in [5.74, 6) is -0.527. The molecule has 1 aliphatic carbocycles. The number of aliphatic hydroxyl groups is 1. The lowest BCUT2D eigenvalue weighted by atomic mass is 9.97. The summed E-state index contributed by atoms with van der Waals surface area (Å²) in [7, 11) is 0. The molecule has 0 aromatic carbocycles. The Morgan fingerprint density at radius 1 is 1.33 bits per heavy atom. The van der Waals surface area contributed by atoms with Crippen LogP contribution in [0.2, 0.25) is 0 Å². The van der Waals surface area contributed by atoms with Gasteiger partial charge in [0.15, 0.2) is 5.13 Å². The molecule has 0 unspecified atom stereocenters. The first-order valence-corrected chi connectivity index (χ1v) is 11.6. The third-order valence-corrected chi connectivity index (χ3v) is 6.37. The van der Waals surface area contributed by atoms with Crippen molar-refractivity contribution in [2.45, 2.75) is 50.6 Å². The van der Waals surface area contributed by atoms with Crippen molar-refractivity contribution in [3.05, 3.63) is 32.8 Å². The molecule has 2 N–H and O–H groups in total. The van der Waals surface area contributed by atoms with Crippen LogP contribution in [-0.2, 0) is 40.1 Å². The van der Waals surface area contributed by atoms with E-state index in [1.54, 1.807) is 16.9 Å². The zero-order valence-corrected chi connectivity index (χ0v) is 18.3. The number of carbonyl (C=O) groups excluding carboxylic acids is 2. The van der Waals surface area contributed by atoms with Gasteiger partial charge in [0.1, 0.15) is 5.03 Å². The molecule has 0 atom stereocenters. The Hall–Kier alpha value is -2.24. The Labute approximate surface area is 181 Å². The van der Waals surface area contributed by atoms with Gasteiger partial charge in [-0.15, -0.1) is 11.3 Å². The fourth-order valence-corrected chi connectivity index (χ4v) is 4.90. The van der Waals surface area contributed by atoms with Gasteiger partial charge in [0.2, 0.25) is 5.91 Å². The molecule has 1 aliphatic rings. The number of nitrogens with one attached hydrogen (secondary N) is 1. The Kier molecular flexibility index (Phi) is 8.00. The third-order valence-electron chi connectivity index (χ3n) is 4.54. The van der Waals surface area contributed by atoms with Gasteiger partial charge in [-0.3, -0.25) is 14.2 Å². The number of rotatable bonds is 9. The van der Waals surface area contributed by atoms with E-state index in [0.29, 0.717) is 22.5 Å². The van der Waals surface area contributed by atoms with Crippen LogP contribution >= 0.6 is 23.1 Å². The number of hydrogen-bond acceptors (Lipinski definition) is 9. The minimum Gasteiger partial charge on any atom is -0.466 e.